The second kappa shape index (κ2) is 6.61. The number of carbonyl (C=O) groups is 1. The first-order valence-corrected chi connectivity index (χ1v) is 7.98. The highest BCUT2D eigenvalue weighted by molar-refractivity contribution is 6.10. The zero-order chi connectivity index (χ0) is 15.4. The number of nitrogens with zero attached hydrogens (tertiary/aromatic N) is 1. The fraction of sp³-hybridized carbons (Fsp3) is 0.250. The number of rotatable bonds is 6. The zero-order valence-electron chi connectivity index (χ0n) is 13.0. The number of benzene rings is 2. The molecular formula is C20H21NO. The summed E-state index contributed by atoms with van der Waals surface area (Å²) >= 11 is 0. The number of hydrogen-bond donors (Lipinski definition) is 0. The summed E-state index contributed by atoms with van der Waals surface area (Å²) in [6.45, 7) is 3.26. The van der Waals surface area contributed by atoms with Gasteiger partial charge in [0, 0.05) is 34.8 Å². The first kappa shape index (κ1) is 14.6. The molecule has 22 heavy (non-hydrogen) atoms. The van der Waals surface area contributed by atoms with Crippen LogP contribution in [-0.4, -0.2) is 10.4 Å². The van der Waals surface area contributed by atoms with Crippen LogP contribution in [0.1, 0.15) is 42.1 Å². The van der Waals surface area contributed by atoms with Crippen LogP contribution in [0.15, 0.2) is 60.8 Å². The second-order valence-electron chi connectivity index (χ2n) is 5.68. The fourth-order valence-corrected chi connectivity index (χ4v) is 2.82. The Morgan fingerprint density at radius 3 is 2.55 bits per heavy atom. The SMILES string of the molecule is CCCCCn1ccc2cc(C(=O)c3ccccc3)ccc21. The standard InChI is InChI=1S/C20H21NO/c1-2-3-7-13-21-14-12-17-15-18(10-11-19(17)21)20(22)16-8-5-4-6-9-16/h4-6,8-12,14-15H,2-3,7,13H2,1H3. The number of unbranched alkanes of at least 4 members (excludes halogenated alkanes) is 2. The maximum Gasteiger partial charge on any atom is 0.193 e. The first-order valence-electron chi connectivity index (χ1n) is 7.98. The molecule has 1 aromatic heterocycles. The monoisotopic (exact) mass is 291 g/mol. The number of fused-ring (bicyclic) bond motifs is 1. The first-order chi connectivity index (χ1) is 10.8. The molecule has 0 fully saturated rings. The lowest BCUT2D eigenvalue weighted by Gasteiger charge is -2.06. The quantitative estimate of drug-likeness (QED) is 0.459. The number of carbonyl (C=O) groups excluding carboxylic acids is 1. The Balaban J connectivity index is 1.86. The maximum atomic E-state index is 12.5. The highest BCUT2D eigenvalue weighted by Crippen LogP contribution is 2.20. The predicted octanol–water partition coefficient (Wildman–Crippen LogP) is 5.06. The van der Waals surface area contributed by atoms with Crippen LogP contribution in [0.2, 0.25) is 0 Å². The molecule has 2 nitrogen and oxygen atoms in total. The van der Waals surface area contributed by atoms with E-state index in [2.05, 4.69) is 29.8 Å². The molecule has 1 heterocycles. The van der Waals surface area contributed by atoms with Gasteiger partial charge in [-0.1, -0.05) is 50.1 Å². The highest BCUT2D eigenvalue weighted by atomic mass is 16.1. The molecule has 112 valence electrons. The molecule has 0 amide bonds. The summed E-state index contributed by atoms with van der Waals surface area (Å²) in [6.07, 6.45) is 5.81. The van der Waals surface area contributed by atoms with Crippen molar-refractivity contribution in [1.29, 1.82) is 0 Å². The molecule has 0 spiro atoms. The largest absolute Gasteiger partial charge is 0.347 e. The van der Waals surface area contributed by atoms with Crippen molar-refractivity contribution in [3.8, 4) is 0 Å². The molecule has 0 atom stereocenters. The van der Waals surface area contributed by atoms with Crippen LogP contribution >= 0.6 is 0 Å². The molecule has 3 rings (SSSR count). The highest BCUT2D eigenvalue weighted by Gasteiger charge is 2.10. The number of ketones is 1. The van der Waals surface area contributed by atoms with E-state index in [0.29, 0.717) is 0 Å². The minimum Gasteiger partial charge on any atom is -0.347 e. The average Bonchev–Trinajstić information content (AvgIpc) is 2.97. The lowest BCUT2D eigenvalue weighted by Crippen LogP contribution is -2.01. The van der Waals surface area contributed by atoms with Crippen molar-refractivity contribution >= 4 is 16.7 Å². The molecule has 0 aliphatic rings. The second-order valence-corrected chi connectivity index (χ2v) is 5.68. The summed E-state index contributed by atoms with van der Waals surface area (Å²) < 4.78 is 2.28. The van der Waals surface area contributed by atoms with Gasteiger partial charge >= 0.3 is 0 Å². The minimum absolute atomic E-state index is 0.0845. The van der Waals surface area contributed by atoms with Gasteiger partial charge < -0.3 is 4.57 Å². The fourth-order valence-electron chi connectivity index (χ4n) is 2.82. The molecule has 0 radical (unpaired) electrons. The van der Waals surface area contributed by atoms with Gasteiger partial charge in [0.15, 0.2) is 5.78 Å². The van der Waals surface area contributed by atoms with E-state index in [4.69, 9.17) is 0 Å². The van der Waals surface area contributed by atoms with Crippen LogP contribution in [0, 0.1) is 0 Å². The van der Waals surface area contributed by atoms with Crippen LogP contribution in [0.5, 0.6) is 0 Å². The molecule has 0 aliphatic heterocycles. The van der Waals surface area contributed by atoms with E-state index < -0.39 is 0 Å². The molecule has 0 aliphatic carbocycles. The van der Waals surface area contributed by atoms with Crippen molar-refractivity contribution in [1.82, 2.24) is 4.57 Å². The Labute approximate surface area is 131 Å². The Kier molecular flexibility index (Phi) is 4.38. The van der Waals surface area contributed by atoms with Crippen LogP contribution in [0.25, 0.3) is 10.9 Å². The Hall–Kier alpha value is -2.35. The summed E-state index contributed by atoms with van der Waals surface area (Å²) in [6, 6.07) is 17.6. The Morgan fingerprint density at radius 1 is 0.955 bits per heavy atom. The number of hydrogen-bond acceptors (Lipinski definition) is 1. The smallest absolute Gasteiger partial charge is 0.193 e. The molecule has 0 saturated carbocycles. The zero-order valence-corrected chi connectivity index (χ0v) is 13.0. The lowest BCUT2D eigenvalue weighted by molar-refractivity contribution is 0.103. The predicted molar refractivity (Wildman–Crippen MR) is 91.3 cm³/mol. The topological polar surface area (TPSA) is 22.0 Å². The van der Waals surface area contributed by atoms with E-state index in [1.807, 2.05) is 42.5 Å². The van der Waals surface area contributed by atoms with Crippen molar-refractivity contribution in [3.05, 3.63) is 71.9 Å². The summed E-state index contributed by atoms with van der Waals surface area (Å²) in [4.78, 5) is 12.5. The van der Waals surface area contributed by atoms with Crippen molar-refractivity contribution < 1.29 is 4.79 Å². The number of aryl methyl sites for hydroxylation is 1. The molecule has 2 heteroatoms. The van der Waals surface area contributed by atoms with Gasteiger partial charge in [-0.05, 0) is 30.7 Å². The Bertz CT molecular complexity index is 771. The van der Waals surface area contributed by atoms with Crippen molar-refractivity contribution in [3.63, 3.8) is 0 Å². The summed E-state index contributed by atoms with van der Waals surface area (Å²) in [7, 11) is 0. The molecular weight excluding hydrogens is 270 g/mol. The van der Waals surface area contributed by atoms with Gasteiger partial charge in [0.25, 0.3) is 0 Å². The van der Waals surface area contributed by atoms with Crippen molar-refractivity contribution in [2.24, 2.45) is 0 Å². The van der Waals surface area contributed by atoms with Crippen LogP contribution < -0.4 is 0 Å². The third kappa shape index (κ3) is 2.96. The third-order valence-corrected chi connectivity index (χ3v) is 4.07. The normalized spacial score (nSPS) is 11.0. The third-order valence-electron chi connectivity index (χ3n) is 4.07. The minimum atomic E-state index is 0.0845. The van der Waals surface area contributed by atoms with E-state index in [9.17, 15) is 4.79 Å². The van der Waals surface area contributed by atoms with Gasteiger partial charge in [-0.15, -0.1) is 0 Å². The molecule has 0 saturated heterocycles. The number of aromatic nitrogens is 1. The molecule has 0 unspecified atom stereocenters. The summed E-state index contributed by atoms with van der Waals surface area (Å²) in [5.41, 5.74) is 2.70. The maximum absolute atomic E-state index is 12.5. The van der Waals surface area contributed by atoms with Gasteiger partial charge in [-0.3, -0.25) is 4.79 Å². The van der Waals surface area contributed by atoms with E-state index in [0.717, 1.165) is 23.1 Å². The molecule has 0 N–H and O–H groups in total. The van der Waals surface area contributed by atoms with Crippen LogP contribution in [-0.2, 0) is 6.54 Å². The summed E-state index contributed by atoms with van der Waals surface area (Å²) in [5, 5.41) is 1.14. The Morgan fingerprint density at radius 2 is 1.77 bits per heavy atom. The van der Waals surface area contributed by atoms with E-state index in [1.54, 1.807) is 0 Å². The van der Waals surface area contributed by atoms with E-state index in [-0.39, 0.29) is 5.78 Å². The lowest BCUT2D eigenvalue weighted by atomic mass is 10.0. The molecule has 0 bridgehead atoms. The van der Waals surface area contributed by atoms with Gasteiger partial charge in [0.05, 0.1) is 0 Å². The van der Waals surface area contributed by atoms with Gasteiger partial charge in [-0.2, -0.15) is 0 Å². The van der Waals surface area contributed by atoms with Crippen molar-refractivity contribution in [2.45, 2.75) is 32.7 Å². The van der Waals surface area contributed by atoms with Crippen LogP contribution in [0.3, 0.4) is 0 Å². The summed E-state index contributed by atoms with van der Waals surface area (Å²) in [5.74, 6) is 0.0845. The molecule has 2 aromatic carbocycles. The van der Waals surface area contributed by atoms with Crippen LogP contribution in [0.4, 0.5) is 0 Å². The average molecular weight is 291 g/mol. The molecule has 3 aromatic rings. The van der Waals surface area contributed by atoms with Gasteiger partial charge in [-0.25, -0.2) is 0 Å². The van der Waals surface area contributed by atoms with E-state index >= 15 is 0 Å². The van der Waals surface area contributed by atoms with Crippen molar-refractivity contribution in [2.75, 3.05) is 0 Å². The van der Waals surface area contributed by atoms with Gasteiger partial charge in [0.1, 0.15) is 0 Å². The van der Waals surface area contributed by atoms with Gasteiger partial charge in [0.2, 0.25) is 0 Å². The van der Waals surface area contributed by atoms with E-state index in [1.165, 1.54) is 24.8 Å².